The Balaban J connectivity index is 1.52. The average molecular weight is 453 g/mol. The quantitative estimate of drug-likeness (QED) is 0.516. The lowest BCUT2D eigenvalue weighted by molar-refractivity contribution is -0.130. The van der Waals surface area contributed by atoms with Gasteiger partial charge in [-0.15, -0.1) is 0 Å². The van der Waals surface area contributed by atoms with Gasteiger partial charge < -0.3 is 25.8 Å². The molecule has 8 heteroatoms. The highest BCUT2D eigenvalue weighted by molar-refractivity contribution is 6.30. The molecule has 1 aliphatic rings. The van der Waals surface area contributed by atoms with E-state index in [0.717, 1.165) is 24.2 Å². The normalized spacial score (nSPS) is 15.5. The number of benzene rings is 2. The van der Waals surface area contributed by atoms with E-state index in [1.54, 1.807) is 12.1 Å². The first-order valence-electron chi connectivity index (χ1n) is 10.4. The lowest BCUT2D eigenvalue weighted by Gasteiger charge is -2.21. The van der Waals surface area contributed by atoms with E-state index in [0.29, 0.717) is 34.3 Å². The molecule has 3 aromatic rings. The number of hydrogen-bond acceptors (Lipinski definition) is 6. The van der Waals surface area contributed by atoms with E-state index in [9.17, 15) is 9.90 Å². The number of nitrogen functional groups attached to an aromatic ring is 1. The molecule has 4 rings (SSSR count). The number of nitrogens with two attached hydrogens (primary N) is 1. The standard InChI is InChI=1S/C24H25ClN4O3/c1-29(17-7-5-16(25)6-8-17)18-9-11-21(30)19(13-18)20-10-4-15(23(26)28-20)14-27-24(31)22-3-2-12-32-22/h4-11,13,22,30H,2-3,12,14H2,1H3,(H2,26,28)(H,27,31). The number of hydrogen-bond donors (Lipinski definition) is 3. The number of ether oxygens (including phenoxy) is 1. The molecule has 1 fully saturated rings. The number of carbonyl (C=O) groups excluding carboxylic acids is 1. The van der Waals surface area contributed by atoms with Gasteiger partial charge in [0.1, 0.15) is 17.7 Å². The summed E-state index contributed by atoms with van der Waals surface area (Å²) < 4.78 is 5.39. The average Bonchev–Trinajstić information content (AvgIpc) is 3.34. The van der Waals surface area contributed by atoms with Crippen LogP contribution in [0.1, 0.15) is 18.4 Å². The minimum Gasteiger partial charge on any atom is -0.507 e. The van der Waals surface area contributed by atoms with Crippen molar-refractivity contribution in [3.63, 3.8) is 0 Å². The number of nitrogens with zero attached hydrogens (tertiary/aromatic N) is 2. The first-order chi connectivity index (χ1) is 15.4. The van der Waals surface area contributed by atoms with Crippen molar-refractivity contribution in [3.05, 3.63) is 65.2 Å². The zero-order valence-electron chi connectivity index (χ0n) is 17.7. The molecule has 1 aromatic heterocycles. The van der Waals surface area contributed by atoms with Crippen molar-refractivity contribution in [2.24, 2.45) is 0 Å². The van der Waals surface area contributed by atoms with Crippen LogP contribution in [0.2, 0.25) is 5.02 Å². The summed E-state index contributed by atoms with van der Waals surface area (Å²) in [6, 6.07) is 16.4. The maximum atomic E-state index is 12.2. The highest BCUT2D eigenvalue weighted by Gasteiger charge is 2.23. The van der Waals surface area contributed by atoms with Crippen LogP contribution >= 0.6 is 11.6 Å². The first kappa shape index (κ1) is 21.9. The van der Waals surface area contributed by atoms with Gasteiger partial charge in [0.2, 0.25) is 5.91 Å². The fourth-order valence-corrected chi connectivity index (χ4v) is 3.76. The molecule has 1 aliphatic heterocycles. The van der Waals surface area contributed by atoms with Crippen LogP contribution in [0.25, 0.3) is 11.3 Å². The molecule has 1 unspecified atom stereocenters. The largest absolute Gasteiger partial charge is 0.507 e. The van der Waals surface area contributed by atoms with E-state index in [4.69, 9.17) is 22.1 Å². The Labute approximate surface area is 191 Å². The molecule has 2 aromatic carbocycles. The highest BCUT2D eigenvalue weighted by Crippen LogP contribution is 2.35. The lowest BCUT2D eigenvalue weighted by atomic mass is 10.1. The number of amides is 1. The molecule has 1 atom stereocenters. The predicted octanol–water partition coefficient (Wildman–Crippen LogP) is 4.25. The van der Waals surface area contributed by atoms with Gasteiger partial charge in [-0.1, -0.05) is 17.7 Å². The zero-order chi connectivity index (χ0) is 22.7. The Bertz CT molecular complexity index is 1110. The summed E-state index contributed by atoms with van der Waals surface area (Å²) in [4.78, 5) is 18.6. The summed E-state index contributed by atoms with van der Waals surface area (Å²) in [6.07, 6.45) is 1.24. The van der Waals surface area contributed by atoms with E-state index in [-0.39, 0.29) is 24.3 Å². The van der Waals surface area contributed by atoms with Crippen LogP contribution in [0, 0.1) is 0 Å². The molecule has 0 radical (unpaired) electrons. The minimum absolute atomic E-state index is 0.101. The Morgan fingerprint density at radius 3 is 2.66 bits per heavy atom. The van der Waals surface area contributed by atoms with Gasteiger partial charge in [0.25, 0.3) is 0 Å². The van der Waals surface area contributed by atoms with E-state index in [2.05, 4.69) is 10.3 Å². The molecular weight excluding hydrogens is 428 g/mol. The fraction of sp³-hybridized carbons (Fsp3) is 0.250. The van der Waals surface area contributed by atoms with Crippen LogP contribution in [-0.2, 0) is 16.1 Å². The summed E-state index contributed by atoms with van der Waals surface area (Å²) >= 11 is 5.99. The number of aromatic hydroxyl groups is 1. The first-order valence-corrected chi connectivity index (χ1v) is 10.8. The maximum Gasteiger partial charge on any atom is 0.249 e. The second-order valence-electron chi connectivity index (χ2n) is 7.70. The molecule has 0 bridgehead atoms. The monoisotopic (exact) mass is 452 g/mol. The maximum absolute atomic E-state index is 12.2. The van der Waals surface area contributed by atoms with Gasteiger partial charge in [0.15, 0.2) is 0 Å². The van der Waals surface area contributed by atoms with Crippen molar-refractivity contribution in [2.75, 3.05) is 24.3 Å². The van der Waals surface area contributed by atoms with E-state index in [1.807, 2.05) is 54.4 Å². The van der Waals surface area contributed by atoms with Gasteiger partial charge in [-0.2, -0.15) is 0 Å². The van der Waals surface area contributed by atoms with Gasteiger partial charge >= 0.3 is 0 Å². The Morgan fingerprint density at radius 1 is 1.22 bits per heavy atom. The van der Waals surface area contributed by atoms with Crippen LogP contribution in [0.15, 0.2) is 54.6 Å². The Morgan fingerprint density at radius 2 is 1.97 bits per heavy atom. The van der Waals surface area contributed by atoms with E-state index in [1.165, 1.54) is 0 Å². The van der Waals surface area contributed by atoms with Crippen LogP contribution in [0.3, 0.4) is 0 Å². The van der Waals surface area contributed by atoms with E-state index < -0.39 is 0 Å². The Hall–Kier alpha value is -3.29. The smallest absolute Gasteiger partial charge is 0.249 e. The van der Waals surface area contributed by atoms with Crippen LogP contribution in [0.4, 0.5) is 17.2 Å². The SMILES string of the molecule is CN(c1ccc(Cl)cc1)c1ccc(O)c(-c2ccc(CNC(=O)C3CCCO3)c(N)n2)c1. The number of anilines is 3. The molecule has 0 spiro atoms. The molecule has 7 nitrogen and oxygen atoms in total. The summed E-state index contributed by atoms with van der Waals surface area (Å²) in [7, 11) is 1.93. The molecule has 1 saturated heterocycles. The number of pyridine rings is 1. The second kappa shape index (κ2) is 9.46. The van der Waals surface area contributed by atoms with Crippen LogP contribution in [-0.4, -0.2) is 35.8 Å². The number of nitrogens with one attached hydrogen (secondary N) is 1. The van der Waals surface area contributed by atoms with Gasteiger partial charge in [0, 0.05) is 47.7 Å². The van der Waals surface area contributed by atoms with Crippen molar-refractivity contribution in [2.45, 2.75) is 25.5 Å². The number of phenolic OH excluding ortho intramolecular Hbond substituents is 1. The summed E-state index contributed by atoms with van der Waals surface area (Å²) in [5.41, 5.74) is 9.78. The number of rotatable bonds is 6. The summed E-state index contributed by atoms with van der Waals surface area (Å²) in [5.74, 6) is 0.261. The molecule has 32 heavy (non-hydrogen) atoms. The number of carbonyl (C=O) groups is 1. The summed E-state index contributed by atoms with van der Waals surface area (Å²) in [6.45, 7) is 0.884. The number of phenols is 1. The lowest BCUT2D eigenvalue weighted by Crippen LogP contribution is -2.33. The number of aromatic nitrogens is 1. The van der Waals surface area contributed by atoms with Gasteiger partial charge in [-0.25, -0.2) is 4.98 Å². The minimum atomic E-state index is -0.388. The molecule has 0 saturated carbocycles. The third kappa shape index (κ3) is 4.79. The topological polar surface area (TPSA) is 101 Å². The third-order valence-electron chi connectivity index (χ3n) is 5.54. The summed E-state index contributed by atoms with van der Waals surface area (Å²) in [5, 5.41) is 14.0. The van der Waals surface area contributed by atoms with Crippen molar-refractivity contribution in [3.8, 4) is 17.0 Å². The van der Waals surface area contributed by atoms with Crippen molar-refractivity contribution in [1.29, 1.82) is 0 Å². The molecule has 2 heterocycles. The molecule has 4 N–H and O–H groups in total. The van der Waals surface area contributed by atoms with Crippen molar-refractivity contribution < 1.29 is 14.6 Å². The number of halogens is 1. The van der Waals surface area contributed by atoms with Crippen molar-refractivity contribution in [1.82, 2.24) is 10.3 Å². The van der Waals surface area contributed by atoms with Gasteiger partial charge in [0.05, 0.1) is 5.69 Å². The van der Waals surface area contributed by atoms with Crippen LogP contribution < -0.4 is 16.0 Å². The third-order valence-corrected chi connectivity index (χ3v) is 5.80. The fourth-order valence-electron chi connectivity index (χ4n) is 3.64. The zero-order valence-corrected chi connectivity index (χ0v) is 18.5. The molecule has 1 amide bonds. The van der Waals surface area contributed by atoms with Crippen LogP contribution in [0.5, 0.6) is 5.75 Å². The Kier molecular flexibility index (Phi) is 6.48. The van der Waals surface area contributed by atoms with Gasteiger partial charge in [-0.3, -0.25) is 4.79 Å². The van der Waals surface area contributed by atoms with Crippen molar-refractivity contribution >= 4 is 34.7 Å². The second-order valence-corrected chi connectivity index (χ2v) is 8.13. The predicted molar refractivity (Wildman–Crippen MR) is 126 cm³/mol. The molecular formula is C24H25ClN4O3. The molecule has 166 valence electrons. The molecule has 0 aliphatic carbocycles. The highest BCUT2D eigenvalue weighted by atomic mass is 35.5. The van der Waals surface area contributed by atoms with E-state index >= 15 is 0 Å². The van der Waals surface area contributed by atoms with Gasteiger partial charge in [-0.05, 0) is 61.4 Å².